The maximum atomic E-state index is 12.9. The van der Waals surface area contributed by atoms with Gasteiger partial charge in [-0.3, -0.25) is 9.69 Å². The average Bonchev–Trinajstić information content (AvgIpc) is 2.80. The maximum absolute atomic E-state index is 12.9. The summed E-state index contributed by atoms with van der Waals surface area (Å²) in [7, 11) is 1.72. The Bertz CT molecular complexity index is 1260. The second kappa shape index (κ2) is 7.84. The molecule has 0 N–H and O–H groups in total. The Morgan fingerprint density at radius 1 is 0.867 bits per heavy atom. The summed E-state index contributed by atoms with van der Waals surface area (Å²) < 4.78 is 11.7. The van der Waals surface area contributed by atoms with Crippen molar-refractivity contribution in [1.29, 1.82) is 0 Å². The van der Waals surface area contributed by atoms with Gasteiger partial charge in [0.15, 0.2) is 0 Å². The van der Waals surface area contributed by atoms with Crippen molar-refractivity contribution in [2.45, 2.75) is 6.54 Å². The number of piperazine rings is 1. The Kier molecular flexibility index (Phi) is 4.89. The third kappa shape index (κ3) is 3.31. The van der Waals surface area contributed by atoms with Crippen LogP contribution in [-0.2, 0) is 6.54 Å². The molecule has 1 aromatic heterocycles. The first-order valence-electron chi connectivity index (χ1n) is 10.3. The molecule has 0 atom stereocenters. The molecule has 5 rings (SSSR count). The fraction of sp³-hybridized carbons (Fsp3) is 0.240. The minimum absolute atomic E-state index is 0.0368. The van der Waals surface area contributed by atoms with E-state index < -0.39 is 0 Å². The van der Waals surface area contributed by atoms with Gasteiger partial charge in [0, 0.05) is 38.3 Å². The standard InChI is InChI=1S/C25H24N2O3/c1-29-23-12-5-3-10-21(23)27-15-13-26(14-16-27)17-18-7-6-9-20-24(28)19-8-2-4-11-22(19)30-25(18)20/h2-12H,13-17H2,1H3. The molecule has 3 aromatic carbocycles. The molecule has 1 saturated heterocycles. The Morgan fingerprint density at radius 3 is 2.43 bits per heavy atom. The second-order valence-electron chi connectivity index (χ2n) is 7.66. The van der Waals surface area contributed by atoms with Crippen LogP contribution in [0.15, 0.2) is 75.9 Å². The van der Waals surface area contributed by atoms with Crippen molar-refractivity contribution >= 4 is 27.6 Å². The van der Waals surface area contributed by atoms with Gasteiger partial charge in [0.05, 0.1) is 23.6 Å². The molecule has 0 amide bonds. The molecule has 30 heavy (non-hydrogen) atoms. The van der Waals surface area contributed by atoms with Gasteiger partial charge in [-0.15, -0.1) is 0 Å². The molecule has 0 saturated carbocycles. The van der Waals surface area contributed by atoms with E-state index in [4.69, 9.17) is 9.15 Å². The van der Waals surface area contributed by atoms with Gasteiger partial charge < -0.3 is 14.1 Å². The quantitative estimate of drug-likeness (QED) is 0.479. The minimum Gasteiger partial charge on any atom is -0.495 e. The largest absolute Gasteiger partial charge is 0.495 e. The van der Waals surface area contributed by atoms with E-state index in [0.29, 0.717) is 21.9 Å². The van der Waals surface area contributed by atoms with Gasteiger partial charge in [0.1, 0.15) is 16.9 Å². The normalized spacial score (nSPS) is 15.0. The van der Waals surface area contributed by atoms with E-state index in [1.54, 1.807) is 7.11 Å². The lowest BCUT2D eigenvalue weighted by Gasteiger charge is -2.36. The number of ether oxygens (including phenoxy) is 1. The number of anilines is 1. The molecule has 0 radical (unpaired) electrons. The van der Waals surface area contributed by atoms with Crippen molar-refractivity contribution in [3.63, 3.8) is 0 Å². The zero-order valence-corrected chi connectivity index (χ0v) is 17.0. The van der Waals surface area contributed by atoms with Gasteiger partial charge >= 0.3 is 0 Å². The Labute approximate surface area is 175 Å². The highest BCUT2D eigenvalue weighted by atomic mass is 16.5. The highest BCUT2D eigenvalue weighted by molar-refractivity contribution is 5.91. The summed E-state index contributed by atoms with van der Waals surface area (Å²) in [6, 6.07) is 21.5. The average molecular weight is 400 g/mol. The number of nitrogens with zero attached hydrogens (tertiary/aromatic N) is 2. The maximum Gasteiger partial charge on any atom is 0.200 e. The third-order valence-electron chi connectivity index (χ3n) is 5.88. The van der Waals surface area contributed by atoms with Gasteiger partial charge in [-0.1, -0.05) is 36.4 Å². The van der Waals surface area contributed by atoms with E-state index in [0.717, 1.165) is 49.7 Å². The van der Waals surface area contributed by atoms with Crippen LogP contribution >= 0.6 is 0 Å². The number of benzene rings is 3. The van der Waals surface area contributed by atoms with Crippen molar-refractivity contribution in [3.8, 4) is 5.75 Å². The van der Waals surface area contributed by atoms with Crippen LogP contribution in [0.4, 0.5) is 5.69 Å². The molecule has 1 aliphatic heterocycles. The fourth-order valence-electron chi connectivity index (χ4n) is 4.29. The molecule has 0 bridgehead atoms. The summed E-state index contributed by atoms with van der Waals surface area (Å²) in [5.74, 6) is 0.911. The lowest BCUT2D eigenvalue weighted by molar-refractivity contribution is 0.249. The zero-order chi connectivity index (χ0) is 20.5. The van der Waals surface area contributed by atoms with Crippen LogP contribution in [0.1, 0.15) is 5.56 Å². The van der Waals surface area contributed by atoms with Crippen LogP contribution in [0.2, 0.25) is 0 Å². The van der Waals surface area contributed by atoms with Crippen molar-refractivity contribution in [1.82, 2.24) is 4.90 Å². The highest BCUT2D eigenvalue weighted by Crippen LogP contribution is 2.29. The second-order valence-corrected chi connectivity index (χ2v) is 7.66. The molecular formula is C25H24N2O3. The van der Waals surface area contributed by atoms with E-state index in [9.17, 15) is 4.79 Å². The third-order valence-corrected chi connectivity index (χ3v) is 5.88. The van der Waals surface area contributed by atoms with E-state index >= 15 is 0 Å². The van der Waals surface area contributed by atoms with E-state index in [2.05, 4.69) is 21.9 Å². The monoisotopic (exact) mass is 400 g/mol. The zero-order valence-electron chi connectivity index (χ0n) is 17.0. The molecule has 5 nitrogen and oxygen atoms in total. The van der Waals surface area contributed by atoms with Crippen molar-refractivity contribution in [2.24, 2.45) is 0 Å². The van der Waals surface area contributed by atoms with E-state index in [1.807, 2.05) is 54.6 Å². The summed E-state index contributed by atoms with van der Waals surface area (Å²) in [5.41, 5.74) is 3.58. The van der Waals surface area contributed by atoms with Crippen molar-refractivity contribution in [2.75, 3.05) is 38.2 Å². The SMILES string of the molecule is COc1ccccc1N1CCN(Cc2cccc3c(=O)c4ccccc4oc23)CC1. The molecule has 1 aliphatic rings. The molecule has 0 spiro atoms. The number of methoxy groups -OCH3 is 1. The van der Waals surface area contributed by atoms with Gasteiger partial charge in [-0.2, -0.15) is 0 Å². The first-order valence-corrected chi connectivity index (χ1v) is 10.3. The topological polar surface area (TPSA) is 45.9 Å². The summed E-state index contributed by atoms with van der Waals surface area (Å²) in [6.45, 7) is 4.49. The van der Waals surface area contributed by atoms with Crippen molar-refractivity contribution in [3.05, 3.63) is 82.5 Å². The lowest BCUT2D eigenvalue weighted by atomic mass is 10.1. The van der Waals surface area contributed by atoms with Crippen LogP contribution < -0.4 is 15.1 Å². The summed E-state index contributed by atoms with van der Waals surface area (Å²) in [4.78, 5) is 17.7. The fourth-order valence-corrected chi connectivity index (χ4v) is 4.29. The number of fused-ring (bicyclic) bond motifs is 2. The smallest absolute Gasteiger partial charge is 0.200 e. The predicted molar refractivity (Wildman–Crippen MR) is 120 cm³/mol. The van der Waals surface area contributed by atoms with Crippen LogP contribution in [0.3, 0.4) is 0 Å². The van der Waals surface area contributed by atoms with Crippen LogP contribution in [-0.4, -0.2) is 38.2 Å². The Morgan fingerprint density at radius 2 is 1.60 bits per heavy atom. The first-order chi connectivity index (χ1) is 14.7. The molecule has 1 fully saturated rings. The number of para-hydroxylation sites is 4. The number of hydrogen-bond acceptors (Lipinski definition) is 5. The molecule has 0 unspecified atom stereocenters. The van der Waals surface area contributed by atoms with E-state index in [-0.39, 0.29) is 5.43 Å². The Hall–Kier alpha value is -3.31. The van der Waals surface area contributed by atoms with Crippen LogP contribution in [0, 0.1) is 0 Å². The molecule has 5 heteroatoms. The van der Waals surface area contributed by atoms with Crippen LogP contribution in [0.5, 0.6) is 5.75 Å². The van der Waals surface area contributed by atoms with Gasteiger partial charge in [0.25, 0.3) is 0 Å². The van der Waals surface area contributed by atoms with Gasteiger partial charge in [-0.25, -0.2) is 0 Å². The number of hydrogen-bond donors (Lipinski definition) is 0. The molecular weight excluding hydrogens is 376 g/mol. The minimum atomic E-state index is 0.0368. The Balaban J connectivity index is 1.39. The van der Waals surface area contributed by atoms with Gasteiger partial charge in [0.2, 0.25) is 5.43 Å². The van der Waals surface area contributed by atoms with Crippen molar-refractivity contribution < 1.29 is 9.15 Å². The molecule has 0 aliphatic carbocycles. The van der Waals surface area contributed by atoms with E-state index in [1.165, 1.54) is 0 Å². The predicted octanol–water partition coefficient (Wildman–Crippen LogP) is 4.28. The van der Waals surface area contributed by atoms with Gasteiger partial charge in [-0.05, 0) is 30.3 Å². The highest BCUT2D eigenvalue weighted by Gasteiger charge is 2.21. The summed E-state index contributed by atoms with van der Waals surface area (Å²) in [5, 5.41) is 1.28. The summed E-state index contributed by atoms with van der Waals surface area (Å²) >= 11 is 0. The number of rotatable bonds is 4. The summed E-state index contributed by atoms with van der Waals surface area (Å²) in [6.07, 6.45) is 0. The van der Waals surface area contributed by atoms with Crippen LogP contribution in [0.25, 0.3) is 21.9 Å². The first kappa shape index (κ1) is 18.7. The molecule has 2 heterocycles. The molecule has 152 valence electrons. The molecule has 4 aromatic rings. The lowest BCUT2D eigenvalue weighted by Crippen LogP contribution is -2.46.